The molecule has 0 saturated carbocycles. The zero-order valence-electron chi connectivity index (χ0n) is 24.4. The van der Waals surface area contributed by atoms with Gasteiger partial charge in [-0.1, -0.05) is 91.0 Å². The molecule has 3 N–H and O–H groups in total. The van der Waals surface area contributed by atoms with Crippen LogP contribution in [0.2, 0.25) is 0 Å². The van der Waals surface area contributed by atoms with Crippen molar-refractivity contribution in [3.05, 3.63) is 108 Å². The number of nitrogens with one attached hydrogen (secondary N) is 2. The molecule has 0 aromatic heterocycles. The lowest BCUT2D eigenvalue weighted by Crippen LogP contribution is -2.44. The predicted molar refractivity (Wildman–Crippen MR) is 161 cm³/mol. The molecule has 3 aromatic rings. The van der Waals surface area contributed by atoms with E-state index in [1.54, 1.807) is 43.4 Å². The number of hydrogen-bond acceptors (Lipinski definition) is 7. The summed E-state index contributed by atoms with van der Waals surface area (Å²) in [6.07, 6.45) is -2.18. The van der Waals surface area contributed by atoms with Gasteiger partial charge < -0.3 is 29.5 Å². The van der Waals surface area contributed by atoms with Crippen molar-refractivity contribution in [1.29, 1.82) is 0 Å². The number of ether oxygens (including phenoxy) is 3. The van der Waals surface area contributed by atoms with Crippen LogP contribution in [0.25, 0.3) is 0 Å². The molecule has 0 aliphatic carbocycles. The molecule has 0 unspecified atom stereocenters. The number of aliphatic carboxylic acids is 1. The molecule has 12 nitrogen and oxygen atoms in total. The predicted octanol–water partition coefficient (Wildman–Crippen LogP) is 5.09. The molecule has 232 valence electrons. The van der Waals surface area contributed by atoms with Crippen molar-refractivity contribution < 1.29 is 38.5 Å². The number of carbonyl (C=O) groups excluding carboxylic acids is 3. The topological polar surface area (TPSA) is 156 Å². The lowest BCUT2D eigenvalue weighted by atomic mass is 10.1. The number of amides is 3. The molecule has 3 aromatic carbocycles. The average molecular weight is 605 g/mol. The second-order valence-electron chi connectivity index (χ2n) is 9.73. The Bertz CT molecular complexity index is 1370. The molecule has 0 saturated heterocycles. The average Bonchev–Trinajstić information content (AvgIpc) is 3.02. The summed E-state index contributed by atoms with van der Waals surface area (Å²) in [4.78, 5) is 54.2. The quantitative estimate of drug-likeness (QED) is 0.137. The van der Waals surface area contributed by atoms with Gasteiger partial charge in [-0.05, 0) is 29.5 Å². The number of carbonyl (C=O) groups is 4. The minimum Gasteiger partial charge on any atom is -0.481 e. The number of benzene rings is 3. The lowest BCUT2D eigenvalue weighted by molar-refractivity contribution is -0.137. The normalized spacial score (nSPS) is 11.5. The van der Waals surface area contributed by atoms with Crippen LogP contribution in [0.4, 0.5) is 14.4 Å². The van der Waals surface area contributed by atoms with E-state index in [-0.39, 0.29) is 45.2 Å². The molecule has 3 rings (SSSR count). The second-order valence-corrected chi connectivity index (χ2v) is 9.73. The maximum absolute atomic E-state index is 12.6. The molecular weight excluding hydrogens is 568 g/mol. The van der Waals surface area contributed by atoms with E-state index in [4.69, 9.17) is 14.2 Å². The van der Waals surface area contributed by atoms with Gasteiger partial charge in [0.15, 0.2) is 0 Å². The summed E-state index contributed by atoms with van der Waals surface area (Å²) in [5, 5.41) is 14.4. The van der Waals surface area contributed by atoms with E-state index in [9.17, 15) is 24.3 Å². The first-order valence-electron chi connectivity index (χ1n) is 14.0. The molecule has 0 spiro atoms. The fourth-order valence-corrected chi connectivity index (χ4v) is 3.95. The first-order chi connectivity index (χ1) is 21.3. The smallest absolute Gasteiger partial charge is 0.437 e. The fourth-order valence-electron chi connectivity index (χ4n) is 3.95. The van der Waals surface area contributed by atoms with Crippen molar-refractivity contribution in [2.45, 2.75) is 45.1 Å². The van der Waals surface area contributed by atoms with Crippen LogP contribution in [0, 0.1) is 0 Å². The van der Waals surface area contributed by atoms with Crippen molar-refractivity contribution in [3.63, 3.8) is 0 Å². The summed E-state index contributed by atoms with van der Waals surface area (Å²) in [5.41, 5.74) is 2.33. The second kappa shape index (κ2) is 18.2. The highest BCUT2D eigenvalue weighted by Crippen LogP contribution is 2.08. The Morgan fingerprint density at radius 1 is 0.750 bits per heavy atom. The molecule has 0 aliphatic rings. The van der Waals surface area contributed by atoms with Crippen LogP contribution in [-0.2, 0) is 38.8 Å². The third kappa shape index (κ3) is 13.1. The van der Waals surface area contributed by atoms with Gasteiger partial charge in [-0.2, -0.15) is 0 Å². The molecule has 0 aliphatic heterocycles. The van der Waals surface area contributed by atoms with Crippen LogP contribution in [0.5, 0.6) is 0 Å². The van der Waals surface area contributed by atoms with Crippen LogP contribution < -0.4 is 10.6 Å². The van der Waals surface area contributed by atoms with Crippen LogP contribution in [0.3, 0.4) is 0 Å². The van der Waals surface area contributed by atoms with Gasteiger partial charge in [-0.3, -0.25) is 10.1 Å². The van der Waals surface area contributed by atoms with Crippen LogP contribution in [-0.4, -0.2) is 59.8 Å². The van der Waals surface area contributed by atoms with Gasteiger partial charge in [0, 0.05) is 19.6 Å². The molecule has 12 heteroatoms. The highest BCUT2D eigenvalue weighted by atomic mass is 16.6. The number of alkyl carbamates (subject to hydrolysis) is 2. The van der Waals surface area contributed by atoms with Crippen molar-refractivity contribution in [2.75, 3.05) is 13.6 Å². The van der Waals surface area contributed by atoms with E-state index in [2.05, 4.69) is 15.6 Å². The van der Waals surface area contributed by atoms with E-state index in [0.29, 0.717) is 6.42 Å². The number of nitrogens with zero attached hydrogens (tertiary/aromatic N) is 2. The zero-order valence-corrected chi connectivity index (χ0v) is 24.4. The monoisotopic (exact) mass is 604 g/mol. The Hall–Kier alpha value is -5.39. The Morgan fingerprint density at radius 3 is 1.73 bits per heavy atom. The van der Waals surface area contributed by atoms with Crippen LogP contribution >= 0.6 is 0 Å². The Balaban J connectivity index is 1.57. The third-order valence-corrected chi connectivity index (χ3v) is 6.19. The standard InChI is InChI=1S/C32H36N4O8/c1-36(19-11-18-27(20-28(37)38)33-30(39)42-21-24-12-5-2-6-13-24)29(34-31(40)43-22-25-14-7-3-8-15-25)35-32(41)44-23-26-16-9-4-10-17-26/h2-10,12-17,27H,11,18-23H2,1H3,(H,33,39)(H,37,38)(H,34,35,40,41)/t27-/m0/s1. The summed E-state index contributed by atoms with van der Waals surface area (Å²) in [6, 6.07) is 26.5. The molecule has 0 heterocycles. The van der Waals surface area contributed by atoms with E-state index < -0.39 is 30.3 Å². The molecule has 0 radical (unpaired) electrons. The van der Waals surface area contributed by atoms with E-state index >= 15 is 0 Å². The maximum atomic E-state index is 12.6. The Labute approximate surface area is 255 Å². The van der Waals surface area contributed by atoms with Gasteiger partial charge in [0.1, 0.15) is 19.8 Å². The zero-order chi connectivity index (χ0) is 31.6. The van der Waals surface area contributed by atoms with Crippen molar-refractivity contribution in [2.24, 2.45) is 4.99 Å². The summed E-state index contributed by atoms with van der Waals surface area (Å²) in [6.45, 7) is 0.272. The van der Waals surface area contributed by atoms with Gasteiger partial charge in [-0.15, -0.1) is 4.99 Å². The molecule has 0 fully saturated rings. The SMILES string of the molecule is CN(CCC[C@@H](CC(=O)O)NC(=O)OCc1ccccc1)/C(=N/C(=O)OCc1ccccc1)NC(=O)OCc1ccccc1. The summed E-state index contributed by atoms with van der Waals surface area (Å²) < 4.78 is 15.7. The Morgan fingerprint density at radius 2 is 1.23 bits per heavy atom. The van der Waals surface area contributed by atoms with Crippen molar-refractivity contribution in [3.8, 4) is 0 Å². The first kappa shape index (κ1) is 33.1. The molecule has 44 heavy (non-hydrogen) atoms. The lowest BCUT2D eigenvalue weighted by Gasteiger charge is -2.23. The Kier molecular flexibility index (Phi) is 13.7. The van der Waals surface area contributed by atoms with Gasteiger partial charge in [0.25, 0.3) is 0 Å². The summed E-state index contributed by atoms with van der Waals surface area (Å²) in [5.74, 6) is -1.20. The van der Waals surface area contributed by atoms with Crippen molar-refractivity contribution >= 4 is 30.2 Å². The molecule has 0 bridgehead atoms. The molecular formula is C32H36N4O8. The number of guanidine groups is 1. The van der Waals surface area contributed by atoms with Gasteiger partial charge >= 0.3 is 24.2 Å². The highest BCUT2D eigenvalue weighted by molar-refractivity contribution is 5.98. The highest BCUT2D eigenvalue weighted by Gasteiger charge is 2.19. The van der Waals surface area contributed by atoms with Crippen LogP contribution in [0.1, 0.15) is 36.0 Å². The van der Waals surface area contributed by atoms with Crippen LogP contribution in [0.15, 0.2) is 96.0 Å². The number of carboxylic acids is 1. The van der Waals surface area contributed by atoms with E-state index in [0.717, 1.165) is 16.7 Å². The van der Waals surface area contributed by atoms with Gasteiger partial charge in [0.2, 0.25) is 5.96 Å². The minimum absolute atomic E-state index is 0.00499. The fraction of sp³-hybridized carbons (Fsp3) is 0.281. The summed E-state index contributed by atoms with van der Waals surface area (Å²) >= 11 is 0. The van der Waals surface area contributed by atoms with Gasteiger partial charge in [-0.25, -0.2) is 14.4 Å². The third-order valence-electron chi connectivity index (χ3n) is 6.19. The summed E-state index contributed by atoms with van der Waals surface area (Å²) in [7, 11) is 1.59. The van der Waals surface area contributed by atoms with E-state index in [1.807, 2.05) is 54.6 Å². The first-order valence-corrected chi connectivity index (χ1v) is 14.0. The minimum atomic E-state index is -1.09. The van der Waals surface area contributed by atoms with Gasteiger partial charge in [0.05, 0.1) is 6.42 Å². The van der Waals surface area contributed by atoms with Crippen molar-refractivity contribution in [1.82, 2.24) is 15.5 Å². The number of hydrogen-bond donors (Lipinski definition) is 3. The maximum Gasteiger partial charge on any atom is 0.437 e. The van der Waals surface area contributed by atoms with E-state index in [1.165, 1.54) is 4.90 Å². The molecule has 1 atom stereocenters. The number of rotatable bonds is 13. The largest absolute Gasteiger partial charge is 0.481 e. The number of carboxylic acid groups (broad SMARTS) is 1. The molecule has 3 amide bonds. The number of aliphatic imine (C=N–C) groups is 1.